The van der Waals surface area contributed by atoms with Crippen molar-refractivity contribution < 1.29 is 14.6 Å². The maximum atomic E-state index is 10.6. The lowest BCUT2D eigenvalue weighted by Crippen LogP contribution is -2.37. The first-order valence-corrected chi connectivity index (χ1v) is 6.05. The van der Waals surface area contributed by atoms with E-state index in [1.165, 1.54) is 0 Å². The van der Waals surface area contributed by atoms with Crippen LogP contribution in [-0.2, 0) is 9.53 Å². The van der Waals surface area contributed by atoms with E-state index in [0.29, 0.717) is 18.3 Å². The number of rotatable bonds is 6. The van der Waals surface area contributed by atoms with Gasteiger partial charge in [0.25, 0.3) is 0 Å². The minimum absolute atomic E-state index is 0.335. The second-order valence-corrected chi connectivity index (χ2v) is 4.90. The van der Waals surface area contributed by atoms with E-state index in [1.54, 1.807) is 7.11 Å². The molecular weight excluding hydrogens is 206 g/mol. The summed E-state index contributed by atoms with van der Waals surface area (Å²) in [5, 5.41) is 8.72. The van der Waals surface area contributed by atoms with Crippen molar-refractivity contribution in [1.29, 1.82) is 0 Å². The van der Waals surface area contributed by atoms with Gasteiger partial charge in [0, 0.05) is 26.7 Å². The Balaban J connectivity index is 2.18. The van der Waals surface area contributed by atoms with Gasteiger partial charge >= 0.3 is 5.97 Å². The van der Waals surface area contributed by atoms with Crippen molar-refractivity contribution in [1.82, 2.24) is 4.90 Å². The summed E-state index contributed by atoms with van der Waals surface area (Å²) in [5.74, 6) is 0.277. The normalized spacial score (nSPS) is 20.9. The number of carbonyl (C=O) groups is 1. The van der Waals surface area contributed by atoms with E-state index in [9.17, 15) is 4.79 Å². The third-order valence-corrected chi connectivity index (χ3v) is 3.19. The summed E-state index contributed by atoms with van der Waals surface area (Å²) in [6.45, 7) is 6.12. The number of nitrogens with zero attached hydrogens (tertiary/aromatic N) is 1. The molecule has 16 heavy (non-hydrogen) atoms. The number of likely N-dealkylation sites (tertiary alicyclic amines) is 1. The third kappa shape index (κ3) is 4.94. The van der Waals surface area contributed by atoms with Crippen LogP contribution < -0.4 is 0 Å². The van der Waals surface area contributed by atoms with Crippen LogP contribution in [0.5, 0.6) is 0 Å². The van der Waals surface area contributed by atoms with Crippen molar-refractivity contribution >= 4 is 5.97 Å². The maximum Gasteiger partial charge on any atom is 0.303 e. The minimum atomic E-state index is -0.661. The standard InChI is InChI=1S/C12H23NO3/c1-10(9-16-2)8-13-5-3-11(4-6-13)7-12(14)15/h10-11H,3-9H2,1-2H3,(H,14,15). The second-order valence-electron chi connectivity index (χ2n) is 4.90. The lowest BCUT2D eigenvalue weighted by molar-refractivity contribution is -0.138. The molecule has 1 atom stereocenters. The fraction of sp³-hybridized carbons (Fsp3) is 0.917. The average Bonchev–Trinajstić information content (AvgIpc) is 2.20. The summed E-state index contributed by atoms with van der Waals surface area (Å²) in [6.07, 6.45) is 2.37. The summed E-state index contributed by atoms with van der Waals surface area (Å²) in [5.41, 5.74) is 0. The van der Waals surface area contributed by atoms with Crippen LogP contribution in [0.1, 0.15) is 26.2 Å². The number of methoxy groups -OCH3 is 1. The van der Waals surface area contributed by atoms with E-state index in [0.717, 1.165) is 39.1 Å². The molecule has 0 spiro atoms. The number of aliphatic carboxylic acids is 1. The third-order valence-electron chi connectivity index (χ3n) is 3.19. The van der Waals surface area contributed by atoms with Gasteiger partial charge in [0.1, 0.15) is 0 Å². The number of carboxylic acid groups (broad SMARTS) is 1. The summed E-state index contributed by atoms with van der Waals surface area (Å²) in [7, 11) is 1.73. The fourth-order valence-corrected chi connectivity index (χ4v) is 2.40. The summed E-state index contributed by atoms with van der Waals surface area (Å²) in [6, 6.07) is 0. The smallest absolute Gasteiger partial charge is 0.303 e. The zero-order chi connectivity index (χ0) is 12.0. The molecule has 4 heteroatoms. The van der Waals surface area contributed by atoms with Crippen LogP contribution in [0.3, 0.4) is 0 Å². The lowest BCUT2D eigenvalue weighted by atomic mass is 9.93. The number of carboxylic acids is 1. The van der Waals surface area contributed by atoms with Crippen LogP contribution in [-0.4, -0.2) is 49.3 Å². The first kappa shape index (κ1) is 13.5. The summed E-state index contributed by atoms with van der Waals surface area (Å²) < 4.78 is 5.11. The molecule has 1 aliphatic heterocycles. The van der Waals surface area contributed by atoms with Gasteiger partial charge in [0.05, 0.1) is 0 Å². The van der Waals surface area contributed by atoms with E-state index in [1.807, 2.05) is 0 Å². The molecule has 94 valence electrons. The molecule has 4 nitrogen and oxygen atoms in total. The maximum absolute atomic E-state index is 10.6. The van der Waals surface area contributed by atoms with Gasteiger partial charge < -0.3 is 14.7 Å². The van der Waals surface area contributed by atoms with Crippen molar-refractivity contribution in [2.24, 2.45) is 11.8 Å². The molecule has 0 aromatic carbocycles. The predicted molar refractivity (Wildman–Crippen MR) is 62.5 cm³/mol. The van der Waals surface area contributed by atoms with Gasteiger partial charge in [-0.2, -0.15) is 0 Å². The number of hydrogen-bond acceptors (Lipinski definition) is 3. The topological polar surface area (TPSA) is 49.8 Å². The first-order chi connectivity index (χ1) is 7.61. The van der Waals surface area contributed by atoms with E-state index in [-0.39, 0.29) is 0 Å². The van der Waals surface area contributed by atoms with E-state index < -0.39 is 5.97 Å². The van der Waals surface area contributed by atoms with Gasteiger partial charge in [-0.05, 0) is 37.8 Å². The fourth-order valence-electron chi connectivity index (χ4n) is 2.40. The monoisotopic (exact) mass is 229 g/mol. The molecule has 0 saturated carbocycles. The van der Waals surface area contributed by atoms with Gasteiger partial charge in [-0.3, -0.25) is 4.79 Å². The number of ether oxygens (including phenoxy) is 1. The average molecular weight is 229 g/mol. The molecule has 1 saturated heterocycles. The van der Waals surface area contributed by atoms with Gasteiger partial charge in [0.2, 0.25) is 0 Å². The Bertz CT molecular complexity index is 212. The molecule has 1 N–H and O–H groups in total. The largest absolute Gasteiger partial charge is 0.481 e. The number of piperidine rings is 1. The summed E-state index contributed by atoms with van der Waals surface area (Å²) >= 11 is 0. The highest BCUT2D eigenvalue weighted by atomic mass is 16.5. The molecule has 0 aliphatic carbocycles. The molecule has 1 aliphatic rings. The molecule has 0 bridgehead atoms. The minimum Gasteiger partial charge on any atom is -0.481 e. The zero-order valence-corrected chi connectivity index (χ0v) is 10.3. The highest BCUT2D eigenvalue weighted by molar-refractivity contribution is 5.67. The Morgan fingerprint density at radius 1 is 1.50 bits per heavy atom. The molecule has 0 aromatic heterocycles. The van der Waals surface area contributed by atoms with Crippen LogP contribution in [0.2, 0.25) is 0 Å². The molecule has 1 rings (SSSR count). The molecular formula is C12H23NO3. The van der Waals surface area contributed by atoms with Gasteiger partial charge in [-0.15, -0.1) is 0 Å². The predicted octanol–water partition coefficient (Wildman–Crippen LogP) is 1.46. The first-order valence-electron chi connectivity index (χ1n) is 6.05. The van der Waals surface area contributed by atoms with Crippen molar-refractivity contribution in [3.05, 3.63) is 0 Å². The van der Waals surface area contributed by atoms with Gasteiger partial charge in [-0.25, -0.2) is 0 Å². The number of hydrogen-bond donors (Lipinski definition) is 1. The van der Waals surface area contributed by atoms with Gasteiger partial charge in [-0.1, -0.05) is 6.92 Å². The van der Waals surface area contributed by atoms with Crippen molar-refractivity contribution in [3.8, 4) is 0 Å². The van der Waals surface area contributed by atoms with Crippen LogP contribution >= 0.6 is 0 Å². The van der Waals surface area contributed by atoms with Crippen LogP contribution in [0.4, 0.5) is 0 Å². The SMILES string of the molecule is COCC(C)CN1CCC(CC(=O)O)CC1. The van der Waals surface area contributed by atoms with Crippen molar-refractivity contribution in [2.45, 2.75) is 26.2 Å². The van der Waals surface area contributed by atoms with E-state index >= 15 is 0 Å². The molecule has 1 heterocycles. The van der Waals surface area contributed by atoms with Crippen molar-refractivity contribution in [3.63, 3.8) is 0 Å². The van der Waals surface area contributed by atoms with Crippen LogP contribution in [0.15, 0.2) is 0 Å². The quantitative estimate of drug-likeness (QED) is 0.749. The zero-order valence-electron chi connectivity index (χ0n) is 10.3. The Hall–Kier alpha value is -0.610. The lowest BCUT2D eigenvalue weighted by Gasteiger charge is -2.32. The van der Waals surface area contributed by atoms with Crippen LogP contribution in [0, 0.1) is 11.8 Å². The Kier molecular flexibility index (Phi) is 5.77. The van der Waals surface area contributed by atoms with Crippen LogP contribution in [0.25, 0.3) is 0 Å². The molecule has 1 fully saturated rings. The Morgan fingerprint density at radius 2 is 2.12 bits per heavy atom. The Morgan fingerprint density at radius 3 is 2.62 bits per heavy atom. The second kappa shape index (κ2) is 6.86. The van der Waals surface area contributed by atoms with Crippen molar-refractivity contribution in [2.75, 3.05) is 33.4 Å². The molecule has 0 radical (unpaired) electrons. The molecule has 0 amide bonds. The molecule has 0 aromatic rings. The van der Waals surface area contributed by atoms with Gasteiger partial charge in [0.15, 0.2) is 0 Å². The highest BCUT2D eigenvalue weighted by Gasteiger charge is 2.21. The molecule has 1 unspecified atom stereocenters. The highest BCUT2D eigenvalue weighted by Crippen LogP contribution is 2.20. The Labute approximate surface area is 97.6 Å². The van der Waals surface area contributed by atoms with E-state index in [2.05, 4.69) is 11.8 Å². The van der Waals surface area contributed by atoms with E-state index in [4.69, 9.17) is 9.84 Å². The summed E-state index contributed by atoms with van der Waals surface area (Å²) in [4.78, 5) is 13.0.